The summed E-state index contributed by atoms with van der Waals surface area (Å²) in [6.07, 6.45) is -1.77. The monoisotopic (exact) mass is 512 g/mol. The Bertz CT molecular complexity index is 1310. The molecule has 1 aromatic carbocycles. The first-order chi connectivity index (χ1) is 16.9. The lowest BCUT2D eigenvalue weighted by atomic mass is 9.37. The maximum Gasteiger partial charge on any atom is 0.191 e. The summed E-state index contributed by atoms with van der Waals surface area (Å²) in [4.78, 5) is 80.3. The summed E-state index contributed by atoms with van der Waals surface area (Å²) >= 11 is 0. The van der Waals surface area contributed by atoms with Crippen molar-refractivity contribution in [3.63, 3.8) is 0 Å². The Balaban J connectivity index is 2.11. The number of Topliss-reactive ketones (excluding diaryl/α,β-unsaturated/α-hetero) is 6. The highest BCUT2D eigenvalue weighted by Gasteiger charge is 2.80. The standard InChI is InChI=1S/C28H32O9/c1-10(2)19-21(32)17(13(5)30)23(34)28(37)24(35)20-22(33)18-15(31)9-8-14(12(4)29)16(18)11(3)26(20,6)25(36)27(19,28)7/h8-11,17,19-20,25,31,36-37H,1-7H3/t11-,17?,19?,20?,25-,26+,27+,28+/m1/s1. The largest absolute Gasteiger partial charge is 0.507 e. The van der Waals surface area contributed by atoms with Gasteiger partial charge in [-0.25, -0.2) is 0 Å². The second-order valence-corrected chi connectivity index (χ2v) is 11.7. The van der Waals surface area contributed by atoms with Crippen LogP contribution in [-0.2, 0) is 19.2 Å². The van der Waals surface area contributed by atoms with Crippen LogP contribution in [0.3, 0.4) is 0 Å². The van der Waals surface area contributed by atoms with E-state index in [1.165, 1.54) is 26.8 Å². The summed E-state index contributed by atoms with van der Waals surface area (Å²) in [5.74, 6) is -12.5. The molecule has 3 aliphatic rings. The number of aliphatic hydroxyl groups is 2. The van der Waals surface area contributed by atoms with Crippen molar-refractivity contribution in [2.75, 3.05) is 0 Å². The van der Waals surface area contributed by atoms with E-state index >= 15 is 0 Å². The third kappa shape index (κ3) is 2.87. The molecule has 0 bridgehead atoms. The Morgan fingerprint density at radius 1 is 1.00 bits per heavy atom. The molecular formula is C28H32O9. The minimum absolute atomic E-state index is 0.131. The molecule has 8 atom stereocenters. The molecule has 0 heterocycles. The number of fused-ring (bicyclic) bond motifs is 3. The van der Waals surface area contributed by atoms with Gasteiger partial charge in [0.05, 0.1) is 17.6 Å². The van der Waals surface area contributed by atoms with Crippen LogP contribution >= 0.6 is 0 Å². The van der Waals surface area contributed by atoms with E-state index in [1.807, 2.05) is 0 Å². The Morgan fingerprint density at radius 2 is 1.57 bits per heavy atom. The Morgan fingerprint density at radius 3 is 2.05 bits per heavy atom. The van der Waals surface area contributed by atoms with Gasteiger partial charge >= 0.3 is 0 Å². The number of aromatic hydroxyl groups is 1. The molecular weight excluding hydrogens is 480 g/mol. The molecule has 0 aromatic heterocycles. The highest BCUT2D eigenvalue weighted by atomic mass is 16.3. The summed E-state index contributed by atoms with van der Waals surface area (Å²) in [6, 6.07) is 2.53. The second-order valence-electron chi connectivity index (χ2n) is 11.7. The normalized spacial score (nSPS) is 39.2. The molecule has 3 unspecified atom stereocenters. The second kappa shape index (κ2) is 7.98. The van der Waals surface area contributed by atoms with E-state index in [2.05, 4.69) is 0 Å². The number of rotatable bonds is 3. The van der Waals surface area contributed by atoms with Crippen LogP contribution in [0.1, 0.15) is 80.7 Å². The maximum atomic E-state index is 14.2. The van der Waals surface area contributed by atoms with Gasteiger partial charge in [0.1, 0.15) is 17.5 Å². The van der Waals surface area contributed by atoms with Crippen molar-refractivity contribution in [2.24, 2.45) is 34.5 Å². The highest BCUT2D eigenvalue weighted by molar-refractivity contribution is 6.33. The summed E-state index contributed by atoms with van der Waals surface area (Å²) in [6.45, 7) is 9.92. The Hall–Kier alpha value is -3.04. The number of carbonyl (C=O) groups is 6. The SMILES string of the molecule is CC(=O)c1ccc(O)c2c1[C@@H](C)[C@@]1(C)C(C2=O)C(=O)[C@@]2(O)C(=O)C(C(C)=O)C(=O)C(C(C)C)[C@@]2(C)[C@@H]1O. The molecule has 2 fully saturated rings. The van der Waals surface area contributed by atoms with E-state index < -0.39 is 92.6 Å². The number of phenols is 1. The quantitative estimate of drug-likeness (QED) is 0.405. The van der Waals surface area contributed by atoms with Gasteiger partial charge in [-0.05, 0) is 43.4 Å². The van der Waals surface area contributed by atoms with Crippen molar-refractivity contribution in [3.05, 3.63) is 28.8 Å². The van der Waals surface area contributed by atoms with Gasteiger partial charge in [0.2, 0.25) is 0 Å². The fourth-order valence-electron chi connectivity index (χ4n) is 7.73. The number of benzene rings is 1. The van der Waals surface area contributed by atoms with Gasteiger partial charge in [-0.1, -0.05) is 34.6 Å². The lowest BCUT2D eigenvalue weighted by Crippen LogP contribution is -2.82. The fraction of sp³-hybridized carbons (Fsp3) is 0.571. The van der Waals surface area contributed by atoms with Crippen LogP contribution in [0.5, 0.6) is 5.75 Å². The van der Waals surface area contributed by atoms with Crippen molar-refractivity contribution in [1.29, 1.82) is 0 Å². The van der Waals surface area contributed by atoms with Crippen molar-refractivity contribution in [2.45, 2.75) is 66.1 Å². The summed E-state index contributed by atoms with van der Waals surface area (Å²) in [7, 11) is 0. The van der Waals surface area contributed by atoms with Gasteiger partial charge in [-0.2, -0.15) is 0 Å². The zero-order chi connectivity index (χ0) is 28.2. The van der Waals surface area contributed by atoms with Crippen molar-refractivity contribution in [3.8, 4) is 5.75 Å². The predicted octanol–water partition coefficient (Wildman–Crippen LogP) is 1.83. The molecule has 0 saturated heterocycles. The number of hydrogen-bond donors (Lipinski definition) is 3. The zero-order valence-electron chi connectivity index (χ0n) is 21.9. The number of aliphatic hydroxyl groups excluding tert-OH is 1. The molecule has 0 radical (unpaired) electrons. The molecule has 0 spiro atoms. The highest BCUT2D eigenvalue weighted by Crippen LogP contribution is 2.66. The Kier molecular flexibility index (Phi) is 5.82. The molecule has 37 heavy (non-hydrogen) atoms. The minimum atomic E-state index is -3.02. The number of phenolic OH excluding ortho intramolecular Hbond substituents is 1. The van der Waals surface area contributed by atoms with E-state index in [0.29, 0.717) is 0 Å². The number of ketones is 6. The molecule has 9 heteroatoms. The minimum Gasteiger partial charge on any atom is -0.507 e. The lowest BCUT2D eigenvalue weighted by Gasteiger charge is -2.65. The van der Waals surface area contributed by atoms with Gasteiger partial charge in [-0.15, -0.1) is 0 Å². The average Bonchev–Trinajstić information content (AvgIpc) is 2.78. The molecule has 9 nitrogen and oxygen atoms in total. The molecule has 1 aromatic rings. The van der Waals surface area contributed by atoms with Crippen LogP contribution in [0.25, 0.3) is 0 Å². The van der Waals surface area contributed by atoms with E-state index in [-0.39, 0.29) is 16.7 Å². The van der Waals surface area contributed by atoms with E-state index in [4.69, 9.17) is 0 Å². The van der Waals surface area contributed by atoms with Crippen molar-refractivity contribution < 1.29 is 44.1 Å². The van der Waals surface area contributed by atoms with Crippen molar-refractivity contribution in [1.82, 2.24) is 0 Å². The van der Waals surface area contributed by atoms with Gasteiger partial charge < -0.3 is 15.3 Å². The predicted molar refractivity (Wildman–Crippen MR) is 129 cm³/mol. The van der Waals surface area contributed by atoms with Crippen molar-refractivity contribution >= 4 is 34.7 Å². The molecule has 0 aliphatic heterocycles. The van der Waals surface area contributed by atoms with Crippen LogP contribution in [0, 0.1) is 34.5 Å². The lowest BCUT2D eigenvalue weighted by molar-refractivity contribution is -0.240. The summed E-state index contributed by atoms with van der Waals surface area (Å²) in [5.41, 5.74) is -6.76. The van der Waals surface area contributed by atoms with Gasteiger partial charge in [0.25, 0.3) is 0 Å². The first-order valence-corrected chi connectivity index (χ1v) is 12.4. The topological polar surface area (TPSA) is 163 Å². The average molecular weight is 513 g/mol. The van der Waals surface area contributed by atoms with Gasteiger partial charge in [0, 0.05) is 22.3 Å². The third-order valence-electron chi connectivity index (χ3n) is 9.58. The van der Waals surface area contributed by atoms with Crippen LogP contribution in [-0.4, -0.2) is 61.7 Å². The first kappa shape index (κ1) is 27.0. The van der Waals surface area contributed by atoms with E-state index in [9.17, 15) is 44.1 Å². The Labute approximate surface area is 214 Å². The van der Waals surface area contributed by atoms with Crippen LogP contribution in [0.4, 0.5) is 0 Å². The molecule has 4 rings (SSSR count). The number of carbonyl (C=O) groups excluding carboxylic acids is 6. The van der Waals surface area contributed by atoms with E-state index in [0.717, 1.165) is 13.0 Å². The smallest absolute Gasteiger partial charge is 0.191 e. The molecule has 0 amide bonds. The fourth-order valence-corrected chi connectivity index (χ4v) is 7.73. The molecule has 3 N–H and O–H groups in total. The van der Waals surface area contributed by atoms with Gasteiger partial charge in [-0.3, -0.25) is 28.8 Å². The first-order valence-electron chi connectivity index (χ1n) is 12.4. The molecule has 198 valence electrons. The summed E-state index contributed by atoms with van der Waals surface area (Å²) in [5, 5.41) is 34.7. The molecule has 2 saturated carbocycles. The number of hydrogen-bond acceptors (Lipinski definition) is 9. The maximum absolute atomic E-state index is 14.2. The van der Waals surface area contributed by atoms with E-state index in [1.54, 1.807) is 20.8 Å². The van der Waals surface area contributed by atoms with Crippen LogP contribution < -0.4 is 0 Å². The summed E-state index contributed by atoms with van der Waals surface area (Å²) < 4.78 is 0. The molecule has 3 aliphatic carbocycles. The zero-order valence-corrected chi connectivity index (χ0v) is 21.9. The van der Waals surface area contributed by atoms with Crippen LogP contribution in [0.15, 0.2) is 12.1 Å². The third-order valence-corrected chi connectivity index (χ3v) is 9.58. The van der Waals surface area contributed by atoms with Crippen LogP contribution in [0.2, 0.25) is 0 Å². The van der Waals surface area contributed by atoms with Gasteiger partial charge in [0.15, 0.2) is 34.5 Å².